The number of rotatable bonds is 7. The molecule has 1 heterocycles. The number of nitro benzene ring substituents is 1. The monoisotopic (exact) mass is 510 g/mol. The van der Waals surface area contributed by atoms with E-state index in [1.54, 1.807) is 24.0 Å². The number of hydrogen-bond acceptors (Lipinski definition) is 5. The molecule has 0 radical (unpaired) electrons. The number of carbonyl (C=O) groups excluding carboxylic acids is 2. The van der Waals surface area contributed by atoms with Gasteiger partial charge in [-0.1, -0.05) is 52.3 Å². The molecule has 5 rings (SSSR count). The van der Waals surface area contributed by atoms with E-state index in [2.05, 4.69) is 24.8 Å². The predicted octanol–water partition coefficient (Wildman–Crippen LogP) is 4.53. The van der Waals surface area contributed by atoms with Crippen molar-refractivity contribution in [2.75, 3.05) is 45.8 Å². The van der Waals surface area contributed by atoms with Gasteiger partial charge in [-0.3, -0.25) is 24.6 Å². The number of aryl methyl sites for hydroxylation is 1. The fourth-order valence-electron chi connectivity index (χ4n) is 6.16. The summed E-state index contributed by atoms with van der Waals surface area (Å²) in [7, 11) is 0. The van der Waals surface area contributed by atoms with Crippen molar-refractivity contribution in [3.05, 3.63) is 51.1 Å². The van der Waals surface area contributed by atoms with Gasteiger partial charge in [0.25, 0.3) is 11.6 Å². The van der Waals surface area contributed by atoms with E-state index >= 15 is 0 Å². The van der Waals surface area contributed by atoms with Gasteiger partial charge in [-0.05, 0) is 43.1 Å². The third-order valence-electron chi connectivity index (χ3n) is 8.88. The van der Waals surface area contributed by atoms with Gasteiger partial charge in [0.1, 0.15) is 0 Å². The maximum absolute atomic E-state index is 13.4. The van der Waals surface area contributed by atoms with Crippen molar-refractivity contribution >= 4 is 17.5 Å². The van der Waals surface area contributed by atoms with Gasteiger partial charge in [0.2, 0.25) is 5.91 Å². The molecular formula is C29H42N4O4. The normalized spacial score (nSPS) is 23.2. The number of fused-ring (bicyclic) bond motifs is 1. The summed E-state index contributed by atoms with van der Waals surface area (Å²) in [5.74, 6) is 1.37. The largest absolute Gasteiger partial charge is 0.337 e. The van der Waals surface area contributed by atoms with Crippen molar-refractivity contribution in [1.29, 1.82) is 0 Å². The summed E-state index contributed by atoms with van der Waals surface area (Å²) in [5.41, 5.74) is 2.20. The van der Waals surface area contributed by atoms with E-state index in [-0.39, 0.29) is 17.5 Å². The Balaban J connectivity index is 1.34. The lowest BCUT2D eigenvalue weighted by Gasteiger charge is -2.57. The average molecular weight is 511 g/mol. The number of carbonyl (C=O) groups is 2. The number of benzene rings is 1. The highest BCUT2D eigenvalue weighted by Gasteiger charge is 2.51. The van der Waals surface area contributed by atoms with Gasteiger partial charge in [-0.15, -0.1) is 0 Å². The molecule has 2 bridgehead atoms. The van der Waals surface area contributed by atoms with Crippen LogP contribution in [0.5, 0.6) is 0 Å². The molecule has 8 nitrogen and oxygen atoms in total. The molecule has 202 valence electrons. The first-order valence-electron chi connectivity index (χ1n) is 13.5. The quantitative estimate of drug-likeness (QED) is 0.306. The summed E-state index contributed by atoms with van der Waals surface area (Å²) in [6.45, 7) is 17.1. The van der Waals surface area contributed by atoms with Crippen LogP contribution in [0.4, 0.5) is 5.69 Å². The van der Waals surface area contributed by atoms with Gasteiger partial charge >= 0.3 is 0 Å². The van der Waals surface area contributed by atoms with Crippen molar-refractivity contribution in [2.45, 2.75) is 54.4 Å². The molecule has 4 aliphatic rings. The lowest BCUT2D eigenvalue weighted by Crippen LogP contribution is -2.53. The lowest BCUT2D eigenvalue weighted by molar-refractivity contribution is -0.385. The minimum absolute atomic E-state index is 0.0259. The van der Waals surface area contributed by atoms with Crippen LogP contribution in [0.3, 0.4) is 0 Å². The van der Waals surface area contributed by atoms with Gasteiger partial charge in [0.05, 0.1) is 4.92 Å². The molecule has 1 aromatic rings. The summed E-state index contributed by atoms with van der Waals surface area (Å²) in [6, 6.07) is 4.68. The van der Waals surface area contributed by atoms with Gasteiger partial charge in [-0.2, -0.15) is 0 Å². The Hall–Kier alpha value is -2.74. The minimum atomic E-state index is -0.442. The molecular weight excluding hydrogens is 468 g/mol. The first kappa shape index (κ1) is 27.3. The van der Waals surface area contributed by atoms with Crippen molar-refractivity contribution in [3.63, 3.8) is 0 Å². The molecule has 8 heteroatoms. The topological polar surface area (TPSA) is 87.0 Å². The number of piperazine rings is 1. The summed E-state index contributed by atoms with van der Waals surface area (Å²) in [5, 5.41) is 11.3. The van der Waals surface area contributed by atoms with Crippen LogP contribution in [-0.4, -0.2) is 77.3 Å². The lowest BCUT2D eigenvalue weighted by atomic mass is 9.49. The second kappa shape index (κ2) is 10.2. The maximum atomic E-state index is 13.4. The summed E-state index contributed by atoms with van der Waals surface area (Å²) in [6.07, 6.45) is 4.75. The van der Waals surface area contributed by atoms with E-state index in [1.165, 1.54) is 18.1 Å². The molecule has 1 aromatic carbocycles. The van der Waals surface area contributed by atoms with Gasteiger partial charge in [-0.25, -0.2) is 0 Å². The maximum Gasteiger partial charge on any atom is 0.273 e. The van der Waals surface area contributed by atoms with Crippen molar-refractivity contribution in [2.24, 2.45) is 22.7 Å². The molecule has 0 N–H and O–H groups in total. The summed E-state index contributed by atoms with van der Waals surface area (Å²) < 4.78 is 0. The van der Waals surface area contributed by atoms with Crippen LogP contribution in [-0.2, 0) is 4.79 Å². The molecule has 1 saturated heterocycles. The highest BCUT2D eigenvalue weighted by atomic mass is 16.6. The van der Waals surface area contributed by atoms with E-state index < -0.39 is 10.3 Å². The Bertz CT molecular complexity index is 1100. The van der Waals surface area contributed by atoms with Crippen LogP contribution in [0.25, 0.3) is 0 Å². The smallest absolute Gasteiger partial charge is 0.273 e. The Labute approximate surface area is 220 Å². The summed E-state index contributed by atoms with van der Waals surface area (Å²) in [4.78, 5) is 43.3. The molecule has 2 amide bonds. The number of amides is 2. The van der Waals surface area contributed by atoms with Crippen LogP contribution in [0, 0.1) is 39.7 Å². The van der Waals surface area contributed by atoms with Gasteiger partial charge in [0, 0.05) is 68.4 Å². The molecule has 0 spiro atoms. The van der Waals surface area contributed by atoms with E-state index in [4.69, 9.17) is 0 Å². The second-order valence-electron chi connectivity index (χ2n) is 12.7. The third kappa shape index (κ3) is 5.59. The molecule has 3 aliphatic carbocycles. The van der Waals surface area contributed by atoms with Crippen molar-refractivity contribution in [1.82, 2.24) is 14.7 Å². The summed E-state index contributed by atoms with van der Waals surface area (Å²) >= 11 is 0. The molecule has 1 saturated carbocycles. The first-order chi connectivity index (χ1) is 17.3. The number of allylic oxidation sites excluding steroid dienone is 1. The standard InChI is InChI=1S/C29H42N4O4/c1-20-7-8-21(17-25(20)33(36)37)26(34)31-14-11-30(12-15-31)13-16-32(27(35)28(2,3)4)19-22-9-10-23-18-24(22)29(23,5)6/h7-9,17,23-24H,10-16,18-19H2,1-6H3. The average Bonchev–Trinajstić information content (AvgIpc) is 2.85. The molecule has 37 heavy (non-hydrogen) atoms. The number of nitro groups is 1. The van der Waals surface area contributed by atoms with E-state index in [0.29, 0.717) is 48.6 Å². The molecule has 2 fully saturated rings. The Morgan fingerprint density at radius 3 is 2.41 bits per heavy atom. The van der Waals surface area contributed by atoms with Crippen molar-refractivity contribution < 1.29 is 14.5 Å². The van der Waals surface area contributed by atoms with Gasteiger partial charge < -0.3 is 9.80 Å². The van der Waals surface area contributed by atoms with Crippen LogP contribution in [0.1, 0.15) is 63.4 Å². The fourth-order valence-corrected chi connectivity index (χ4v) is 6.16. The first-order valence-corrected chi connectivity index (χ1v) is 13.5. The zero-order valence-electron chi connectivity index (χ0n) is 23.2. The van der Waals surface area contributed by atoms with E-state index in [1.807, 2.05) is 25.7 Å². The second-order valence-corrected chi connectivity index (χ2v) is 12.7. The zero-order chi connectivity index (χ0) is 27.1. The van der Waals surface area contributed by atoms with Crippen LogP contribution in [0.15, 0.2) is 29.8 Å². The van der Waals surface area contributed by atoms with Crippen LogP contribution in [0.2, 0.25) is 0 Å². The van der Waals surface area contributed by atoms with Crippen molar-refractivity contribution in [3.8, 4) is 0 Å². The highest BCUT2D eigenvalue weighted by Crippen LogP contribution is 2.59. The Morgan fingerprint density at radius 2 is 1.84 bits per heavy atom. The molecule has 2 atom stereocenters. The minimum Gasteiger partial charge on any atom is -0.337 e. The molecule has 0 aromatic heterocycles. The number of hydrogen-bond donors (Lipinski definition) is 0. The predicted molar refractivity (Wildman–Crippen MR) is 144 cm³/mol. The van der Waals surface area contributed by atoms with E-state index in [9.17, 15) is 19.7 Å². The van der Waals surface area contributed by atoms with Crippen LogP contribution >= 0.6 is 0 Å². The van der Waals surface area contributed by atoms with E-state index in [0.717, 1.165) is 32.0 Å². The SMILES string of the molecule is Cc1ccc(C(=O)N2CCN(CCN(CC3=CCC4CC3C4(C)C)C(=O)C(C)(C)C)CC2)cc1[N+](=O)[O-]. The third-order valence-corrected chi connectivity index (χ3v) is 8.88. The highest BCUT2D eigenvalue weighted by molar-refractivity contribution is 5.95. The number of nitrogens with zero attached hydrogens (tertiary/aromatic N) is 4. The van der Waals surface area contributed by atoms with Gasteiger partial charge in [0.15, 0.2) is 0 Å². The zero-order valence-corrected chi connectivity index (χ0v) is 23.2. The Morgan fingerprint density at radius 1 is 1.16 bits per heavy atom. The molecule has 1 aliphatic heterocycles. The molecule has 2 unspecified atom stereocenters. The fraction of sp³-hybridized carbons (Fsp3) is 0.655. The van der Waals surface area contributed by atoms with Crippen LogP contribution < -0.4 is 0 Å². The Kier molecular flexibility index (Phi) is 7.52.